The Morgan fingerprint density at radius 1 is 0.955 bits per heavy atom. The average Bonchev–Trinajstić information content (AvgIpc) is 2.44. The molecule has 3 rings (SSSR count). The van der Waals surface area contributed by atoms with Crippen LogP contribution in [0.4, 0.5) is 0 Å². The smallest absolute Gasteiger partial charge is 0.294 e. The fraction of sp³-hybridized carbons (Fsp3) is 0. The first-order chi connectivity index (χ1) is 10.4. The first-order valence-corrected chi connectivity index (χ1v) is 7.46. The van der Waals surface area contributed by atoms with Gasteiger partial charge in [-0.15, -0.1) is 4.73 Å². The van der Waals surface area contributed by atoms with Gasteiger partial charge in [-0.2, -0.15) is 0 Å². The van der Waals surface area contributed by atoms with Gasteiger partial charge in [0, 0.05) is 15.6 Å². The Hall–Kier alpha value is -1.46. The predicted molar refractivity (Wildman–Crippen MR) is 88.7 cm³/mol. The molecule has 1 aromatic heterocycles. The Balaban J connectivity index is 2.41. The van der Waals surface area contributed by atoms with E-state index in [1.54, 1.807) is 12.1 Å². The van der Waals surface area contributed by atoms with Gasteiger partial charge in [0.2, 0.25) is 0 Å². The first kappa shape index (κ1) is 15.4. The summed E-state index contributed by atoms with van der Waals surface area (Å²) in [6.45, 7) is 0. The SMILES string of the molecule is O=c1c2cc(Cl)cc(Cl)c2nc(-c2ccc(Cl)cc2Cl)n1O. The van der Waals surface area contributed by atoms with E-state index < -0.39 is 5.56 Å². The maximum absolute atomic E-state index is 12.3. The number of rotatable bonds is 1. The summed E-state index contributed by atoms with van der Waals surface area (Å²) in [7, 11) is 0. The number of benzene rings is 2. The van der Waals surface area contributed by atoms with Crippen LogP contribution in [-0.4, -0.2) is 14.9 Å². The van der Waals surface area contributed by atoms with Crippen molar-refractivity contribution in [2.75, 3.05) is 0 Å². The van der Waals surface area contributed by atoms with Gasteiger partial charge in [0.25, 0.3) is 5.56 Å². The molecule has 0 aliphatic carbocycles. The molecule has 0 saturated heterocycles. The van der Waals surface area contributed by atoms with E-state index in [4.69, 9.17) is 46.4 Å². The number of fused-ring (bicyclic) bond motifs is 1. The highest BCUT2D eigenvalue weighted by molar-refractivity contribution is 6.38. The van der Waals surface area contributed by atoms with Crippen LogP contribution in [0.3, 0.4) is 0 Å². The van der Waals surface area contributed by atoms with Gasteiger partial charge in [-0.25, -0.2) is 4.98 Å². The van der Waals surface area contributed by atoms with E-state index in [-0.39, 0.29) is 31.8 Å². The molecule has 0 bridgehead atoms. The monoisotopic (exact) mass is 374 g/mol. The molecule has 0 aliphatic heterocycles. The molecular formula is C14H6Cl4N2O2. The van der Waals surface area contributed by atoms with Gasteiger partial charge < -0.3 is 5.21 Å². The zero-order valence-electron chi connectivity index (χ0n) is 10.6. The summed E-state index contributed by atoms with van der Waals surface area (Å²) in [5, 5.41) is 11.3. The molecule has 4 nitrogen and oxygen atoms in total. The van der Waals surface area contributed by atoms with Crippen molar-refractivity contribution in [1.29, 1.82) is 0 Å². The lowest BCUT2D eigenvalue weighted by molar-refractivity contribution is 0.178. The maximum Gasteiger partial charge on any atom is 0.294 e. The Kier molecular flexibility index (Phi) is 3.95. The summed E-state index contributed by atoms with van der Waals surface area (Å²) >= 11 is 23.9. The van der Waals surface area contributed by atoms with Crippen LogP contribution in [-0.2, 0) is 0 Å². The summed E-state index contributed by atoms with van der Waals surface area (Å²) in [4.78, 5) is 16.5. The molecule has 0 unspecified atom stereocenters. The lowest BCUT2D eigenvalue weighted by Gasteiger charge is -2.10. The molecule has 0 saturated carbocycles. The van der Waals surface area contributed by atoms with Crippen molar-refractivity contribution < 1.29 is 5.21 Å². The molecule has 1 N–H and O–H groups in total. The second-order valence-electron chi connectivity index (χ2n) is 4.46. The van der Waals surface area contributed by atoms with E-state index in [0.717, 1.165) is 0 Å². The highest BCUT2D eigenvalue weighted by atomic mass is 35.5. The van der Waals surface area contributed by atoms with Crippen LogP contribution in [0.15, 0.2) is 35.1 Å². The number of aromatic nitrogens is 2. The third-order valence-electron chi connectivity index (χ3n) is 3.04. The summed E-state index contributed by atoms with van der Waals surface area (Å²) in [6, 6.07) is 7.46. The lowest BCUT2D eigenvalue weighted by atomic mass is 10.2. The fourth-order valence-corrected chi connectivity index (χ4v) is 3.08. The van der Waals surface area contributed by atoms with Crippen LogP contribution < -0.4 is 5.56 Å². The number of halogens is 4. The maximum atomic E-state index is 12.3. The molecule has 0 spiro atoms. The van der Waals surface area contributed by atoms with Crippen LogP contribution in [0.1, 0.15) is 0 Å². The minimum Gasteiger partial charge on any atom is -0.423 e. The molecule has 3 aromatic rings. The van der Waals surface area contributed by atoms with Crippen LogP contribution >= 0.6 is 46.4 Å². The van der Waals surface area contributed by atoms with Gasteiger partial charge in [-0.1, -0.05) is 46.4 Å². The van der Waals surface area contributed by atoms with Crippen molar-refractivity contribution in [3.8, 4) is 11.4 Å². The highest BCUT2D eigenvalue weighted by Crippen LogP contribution is 2.31. The quantitative estimate of drug-likeness (QED) is 0.614. The third-order valence-corrected chi connectivity index (χ3v) is 4.10. The summed E-state index contributed by atoms with van der Waals surface area (Å²) in [6.07, 6.45) is 0. The van der Waals surface area contributed by atoms with Gasteiger partial charge in [0.1, 0.15) is 0 Å². The zero-order chi connectivity index (χ0) is 16.0. The van der Waals surface area contributed by atoms with E-state index in [1.807, 2.05) is 0 Å². The van der Waals surface area contributed by atoms with Crippen LogP contribution in [0.5, 0.6) is 0 Å². The van der Waals surface area contributed by atoms with E-state index in [0.29, 0.717) is 15.3 Å². The van der Waals surface area contributed by atoms with E-state index in [9.17, 15) is 10.0 Å². The van der Waals surface area contributed by atoms with E-state index in [2.05, 4.69) is 4.98 Å². The molecule has 22 heavy (non-hydrogen) atoms. The van der Waals surface area contributed by atoms with Crippen molar-refractivity contribution >= 4 is 57.3 Å². The fourth-order valence-electron chi connectivity index (χ4n) is 2.05. The zero-order valence-corrected chi connectivity index (χ0v) is 13.7. The first-order valence-electron chi connectivity index (χ1n) is 5.95. The van der Waals surface area contributed by atoms with Crippen LogP contribution in [0.25, 0.3) is 22.3 Å². The van der Waals surface area contributed by atoms with Gasteiger partial charge in [-0.05, 0) is 30.3 Å². The van der Waals surface area contributed by atoms with Crippen molar-refractivity contribution in [3.05, 3.63) is 60.8 Å². The van der Waals surface area contributed by atoms with Gasteiger partial charge in [-0.3, -0.25) is 4.79 Å². The minimum absolute atomic E-state index is 0.0385. The Bertz CT molecular complexity index is 969. The minimum atomic E-state index is -0.699. The molecule has 0 radical (unpaired) electrons. The second-order valence-corrected chi connectivity index (χ2v) is 6.15. The van der Waals surface area contributed by atoms with Crippen molar-refractivity contribution in [1.82, 2.24) is 9.71 Å². The van der Waals surface area contributed by atoms with Crippen molar-refractivity contribution in [2.24, 2.45) is 0 Å². The predicted octanol–water partition coefficient (Wildman–Crippen LogP) is 4.91. The van der Waals surface area contributed by atoms with Gasteiger partial charge in [0.15, 0.2) is 5.82 Å². The van der Waals surface area contributed by atoms with E-state index >= 15 is 0 Å². The average molecular weight is 376 g/mol. The van der Waals surface area contributed by atoms with E-state index in [1.165, 1.54) is 18.2 Å². The van der Waals surface area contributed by atoms with Gasteiger partial charge >= 0.3 is 0 Å². The summed E-state index contributed by atoms with van der Waals surface area (Å²) in [5.41, 5.74) is -0.128. The van der Waals surface area contributed by atoms with Crippen LogP contribution in [0, 0.1) is 0 Å². The highest BCUT2D eigenvalue weighted by Gasteiger charge is 2.17. The lowest BCUT2D eigenvalue weighted by Crippen LogP contribution is -2.21. The van der Waals surface area contributed by atoms with Gasteiger partial charge in [0.05, 0.1) is 20.9 Å². The largest absolute Gasteiger partial charge is 0.423 e. The molecule has 0 aliphatic rings. The Morgan fingerprint density at radius 3 is 2.32 bits per heavy atom. The Morgan fingerprint density at radius 2 is 1.64 bits per heavy atom. The molecule has 112 valence electrons. The summed E-state index contributed by atoms with van der Waals surface area (Å²) in [5.74, 6) is -0.0385. The third kappa shape index (κ3) is 2.52. The second kappa shape index (κ2) is 5.63. The topological polar surface area (TPSA) is 55.1 Å². The van der Waals surface area contributed by atoms with Crippen molar-refractivity contribution in [3.63, 3.8) is 0 Å². The van der Waals surface area contributed by atoms with Crippen LogP contribution in [0.2, 0.25) is 20.1 Å². The Labute approximate surface area is 144 Å². The van der Waals surface area contributed by atoms with Crippen molar-refractivity contribution in [2.45, 2.75) is 0 Å². The molecule has 0 fully saturated rings. The molecule has 0 atom stereocenters. The number of nitrogens with zero attached hydrogens (tertiary/aromatic N) is 2. The number of hydrogen-bond donors (Lipinski definition) is 1. The normalized spacial score (nSPS) is 11.1. The molecular weight excluding hydrogens is 370 g/mol. The molecule has 1 heterocycles. The molecule has 2 aromatic carbocycles. The molecule has 0 amide bonds. The summed E-state index contributed by atoms with van der Waals surface area (Å²) < 4.78 is 0.407. The standard InChI is InChI=1S/C14H6Cl4N2O2/c15-6-1-2-8(10(17)4-6)13-19-12-9(14(21)20(13)22)3-7(16)5-11(12)18/h1-5,22H. The number of hydrogen-bond acceptors (Lipinski definition) is 3. The molecule has 8 heteroatoms.